The number of nitrogens with zero attached hydrogens (tertiary/aromatic N) is 2. The zero-order valence-electron chi connectivity index (χ0n) is 10.9. The molecule has 0 aliphatic carbocycles. The Morgan fingerprint density at radius 2 is 2.10 bits per heavy atom. The van der Waals surface area contributed by atoms with E-state index in [9.17, 15) is 9.59 Å². The van der Waals surface area contributed by atoms with Crippen LogP contribution >= 0.6 is 22.9 Å². The average molecular weight is 310 g/mol. The van der Waals surface area contributed by atoms with Gasteiger partial charge in [0.25, 0.3) is 11.8 Å². The summed E-state index contributed by atoms with van der Waals surface area (Å²) in [5, 5.41) is 4.73. The van der Waals surface area contributed by atoms with Crippen molar-refractivity contribution in [3.05, 3.63) is 45.4 Å². The van der Waals surface area contributed by atoms with E-state index in [-0.39, 0.29) is 11.8 Å². The molecule has 1 heterocycles. The van der Waals surface area contributed by atoms with Gasteiger partial charge in [-0.3, -0.25) is 9.59 Å². The van der Waals surface area contributed by atoms with Crippen molar-refractivity contribution in [2.75, 3.05) is 19.4 Å². The fourth-order valence-corrected chi connectivity index (χ4v) is 2.26. The molecule has 0 saturated carbocycles. The van der Waals surface area contributed by atoms with Gasteiger partial charge in [0.15, 0.2) is 0 Å². The number of carbonyl (C=O) groups is 2. The van der Waals surface area contributed by atoms with Gasteiger partial charge in [0.1, 0.15) is 5.69 Å². The van der Waals surface area contributed by atoms with Gasteiger partial charge < -0.3 is 10.2 Å². The topological polar surface area (TPSA) is 62.3 Å². The van der Waals surface area contributed by atoms with E-state index < -0.39 is 0 Å². The van der Waals surface area contributed by atoms with Crippen molar-refractivity contribution >= 4 is 40.4 Å². The first kappa shape index (κ1) is 14.5. The van der Waals surface area contributed by atoms with Gasteiger partial charge in [-0.2, -0.15) is 0 Å². The van der Waals surface area contributed by atoms with Crippen LogP contribution in [0.15, 0.2) is 29.1 Å². The molecule has 20 heavy (non-hydrogen) atoms. The van der Waals surface area contributed by atoms with Crippen LogP contribution in [0.2, 0.25) is 5.02 Å². The first-order valence-electron chi connectivity index (χ1n) is 5.70. The standard InChI is InChI=1S/C13H12ClN3O2S/c1-17(2)13(19)9-4-3-8(14)5-10(9)16-12(18)11-6-20-7-15-11/h3-7H,1-2H3,(H,16,18). The van der Waals surface area contributed by atoms with E-state index in [4.69, 9.17) is 11.6 Å². The minimum atomic E-state index is -0.374. The number of anilines is 1. The number of halogens is 1. The van der Waals surface area contributed by atoms with Crippen LogP contribution in [0, 0.1) is 0 Å². The predicted molar refractivity (Wildman–Crippen MR) is 79.5 cm³/mol. The third-order valence-electron chi connectivity index (χ3n) is 2.53. The van der Waals surface area contributed by atoms with E-state index in [0.717, 1.165) is 0 Å². The molecule has 1 N–H and O–H groups in total. The molecule has 0 spiro atoms. The number of thiazole rings is 1. The molecule has 2 aromatic rings. The van der Waals surface area contributed by atoms with Gasteiger partial charge in [-0.25, -0.2) is 4.98 Å². The van der Waals surface area contributed by atoms with Crippen LogP contribution in [0.1, 0.15) is 20.8 Å². The molecule has 2 rings (SSSR count). The minimum Gasteiger partial charge on any atom is -0.345 e. The first-order chi connectivity index (χ1) is 9.49. The molecule has 5 nitrogen and oxygen atoms in total. The second-order valence-electron chi connectivity index (χ2n) is 4.22. The molecule has 2 amide bonds. The lowest BCUT2D eigenvalue weighted by Gasteiger charge is -2.14. The van der Waals surface area contributed by atoms with Crippen molar-refractivity contribution in [3.63, 3.8) is 0 Å². The number of hydrogen-bond donors (Lipinski definition) is 1. The fraction of sp³-hybridized carbons (Fsp3) is 0.154. The molecule has 0 aliphatic rings. The summed E-state index contributed by atoms with van der Waals surface area (Å²) in [4.78, 5) is 29.4. The van der Waals surface area contributed by atoms with Gasteiger partial charge in [-0.15, -0.1) is 11.3 Å². The van der Waals surface area contributed by atoms with E-state index in [1.54, 1.807) is 43.2 Å². The van der Waals surface area contributed by atoms with Crippen molar-refractivity contribution in [1.29, 1.82) is 0 Å². The summed E-state index contributed by atoms with van der Waals surface area (Å²) < 4.78 is 0. The second kappa shape index (κ2) is 6.02. The summed E-state index contributed by atoms with van der Waals surface area (Å²) in [5.74, 6) is -0.587. The molecule has 0 atom stereocenters. The van der Waals surface area contributed by atoms with Gasteiger partial charge in [0.05, 0.1) is 16.8 Å². The zero-order valence-corrected chi connectivity index (χ0v) is 12.5. The van der Waals surface area contributed by atoms with Crippen LogP contribution in [0.5, 0.6) is 0 Å². The predicted octanol–water partition coefficient (Wildman–Crippen LogP) is 2.75. The van der Waals surface area contributed by atoms with Crippen molar-refractivity contribution in [3.8, 4) is 0 Å². The SMILES string of the molecule is CN(C)C(=O)c1ccc(Cl)cc1NC(=O)c1cscn1. The molecular formula is C13H12ClN3O2S. The van der Waals surface area contributed by atoms with Crippen molar-refractivity contribution < 1.29 is 9.59 Å². The molecular weight excluding hydrogens is 298 g/mol. The minimum absolute atomic E-state index is 0.213. The quantitative estimate of drug-likeness (QED) is 0.948. The normalized spacial score (nSPS) is 10.2. The van der Waals surface area contributed by atoms with Crippen LogP contribution in [0.25, 0.3) is 0 Å². The highest BCUT2D eigenvalue weighted by molar-refractivity contribution is 7.07. The van der Waals surface area contributed by atoms with Crippen LogP contribution in [-0.4, -0.2) is 35.8 Å². The van der Waals surface area contributed by atoms with E-state index in [1.165, 1.54) is 16.2 Å². The molecule has 0 unspecified atom stereocenters. The molecule has 0 radical (unpaired) electrons. The number of aromatic nitrogens is 1. The number of benzene rings is 1. The summed E-state index contributed by atoms with van der Waals surface area (Å²) in [6.07, 6.45) is 0. The van der Waals surface area contributed by atoms with Gasteiger partial charge in [0.2, 0.25) is 0 Å². The molecule has 0 fully saturated rings. The Labute approximate surface area is 125 Å². The maximum absolute atomic E-state index is 12.1. The highest BCUT2D eigenvalue weighted by Gasteiger charge is 2.17. The van der Waals surface area contributed by atoms with Crippen LogP contribution in [-0.2, 0) is 0 Å². The number of nitrogens with one attached hydrogen (secondary N) is 1. The molecule has 1 aromatic carbocycles. The lowest BCUT2D eigenvalue weighted by molar-refractivity contribution is 0.0828. The van der Waals surface area contributed by atoms with Crippen LogP contribution in [0.4, 0.5) is 5.69 Å². The summed E-state index contributed by atoms with van der Waals surface area (Å²) in [6.45, 7) is 0. The van der Waals surface area contributed by atoms with E-state index in [2.05, 4.69) is 10.3 Å². The maximum atomic E-state index is 12.1. The first-order valence-corrected chi connectivity index (χ1v) is 7.02. The molecule has 7 heteroatoms. The molecule has 0 aliphatic heterocycles. The second-order valence-corrected chi connectivity index (χ2v) is 5.37. The van der Waals surface area contributed by atoms with Crippen LogP contribution < -0.4 is 5.32 Å². The molecule has 104 valence electrons. The van der Waals surface area contributed by atoms with E-state index >= 15 is 0 Å². The highest BCUT2D eigenvalue weighted by atomic mass is 35.5. The van der Waals surface area contributed by atoms with Crippen molar-refractivity contribution in [1.82, 2.24) is 9.88 Å². The van der Waals surface area contributed by atoms with E-state index in [0.29, 0.717) is 22.0 Å². The lowest BCUT2D eigenvalue weighted by atomic mass is 10.1. The fourth-order valence-electron chi connectivity index (χ4n) is 1.56. The largest absolute Gasteiger partial charge is 0.345 e. The number of carbonyl (C=O) groups excluding carboxylic acids is 2. The molecule has 1 aromatic heterocycles. The van der Waals surface area contributed by atoms with E-state index in [1.807, 2.05) is 0 Å². The Kier molecular flexibility index (Phi) is 4.36. The van der Waals surface area contributed by atoms with Gasteiger partial charge in [-0.1, -0.05) is 11.6 Å². The third-order valence-corrected chi connectivity index (χ3v) is 3.35. The van der Waals surface area contributed by atoms with Crippen molar-refractivity contribution in [2.24, 2.45) is 0 Å². The number of amides is 2. The monoisotopic (exact) mass is 309 g/mol. The lowest BCUT2D eigenvalue weighted by Crippen LogP contribution is -2.24. The average Bonchev–Trinajstić information content (AvgIpc) is 2.92. The van der Waals surface area contributed by atoms with Gasteiger partial charge in [-0.05, 0) is 18.2 Å². The summed E-state index contributed by atoms with van der Waals surface area (Å²) >= 11 is 7.24. The Bertz CT molecular complexity index is 641. The molecule has 0 saturated heterocycles. The molecule has 0 bridgehead atoms. The Morgan fingerprint density at radius 1 is 1.35 bits per heavy atom. The number of hydrogen-bond acceptors (Lipinski definition) is 4. The smallest absolute Gasteiger partial charge is 0.275 e. The summed E-state index contributed by atoms with van der Waals surface area (Å²) in [7, 11) is 3.28. The van der Waals surface area contributed by atoms with Gasteiger partial charge >= 0.3 is 0 Å². The number of rotatable bonds is 3. The Morgan fingerprint density at radius 3 is 2.70 bits per heavy atom. The summed E-state index contributed by atoms with van der Waals surface area (Å²) in [5.41, 5.74) is 2.62. The maximum Gasteiger partial charge on any atom is 0.275 e. The van der Waals surface area contributed by atoms with Gasteiger partial charge in [0, 0.05) is 24.5 Å². The van der Waals surface area contributed by atoms with Crippen LogP contribution in [0.3, 0.4) is 0 Å². The Hall–Kier alpha value is -1.92. The zero-order chi connectivity index (χ0) is 14.7. The Balaban J connectivity index is 2.33. The van der Waals surface area contributed by atoms with Crippen molar-refractivity contribution in [2.45, 2.75) is 0 Å². The summed E-state index contributed by atoms with van der Waals surface area (Å²) in [6, 6.07) is 4.74. The highest BCUT2D eigenvalue weighted by Crippen LogP contribution is 2.22. The third kappa shape index (κ3) is 3.15.